The van der Waals surface area contributed by atoms with Gasteiger partial charge in [-0.3, -0.25) is 0 Å². The van der Waals surface area contributed by atoms with Crippen LogP contribution in [-0.4, -0.2) is 21.5 Å². The normalized spacial score (nSPS) is 11.8. The minimum atomic E-state index is -3.58. The zero-order chi connectivity index (χ0) is 13.8. The van der Waals surface area contributed by atoms with Crippen LogP contribution in [0.15, 0.2) is 17.0 Å². The number of aryl methyl sites for hydroxylation is 2. The van der Waals surface area contributed by atoms with E-state index in [1.165, 1.54) is 12.1 Å². The maximum atomic E-state index is 13.1. The van der Waals surface area contributed by atoms with Gasteiger partial charge in [0.05, 0.1) is 4.90 Å². The summed E-state index contributed by atoms with van der Waals surface area (Å²) in [6, 6.07) is 2.45. The predicted molar refractivity (Wildman–Crippen MR) is 69.4 cm³/mol. The van der Waals surface area contributed by atoms with Crippen molar-refractivity contribution >= 4 is 10.0 Å². The lowest BCUT2D eigenvalue weighted by atomic mass is 10.1. The molecule has 0 fully saturated rings. The van der Waals surface area contributed by atoms with E-state index >= 15 is 0 Å². The van der Waals surface area contributed by atoms with Gasteiger partial charge in [0.1, 0.15) is 5.82 Å². The van der Waals surface area contributed by atoms with Crippen LogP contribution in [0.25, 0.3) is 0 Å². The molecule has 1 rings (SSSR count). The number of hydrogen-bond acceptors (Lipinski definition) is 3. The monoisotopic (exact) mass is 274 g/mol. The highest BCUT2D eigenvalue weighted by Gasteiger charge is 2.19. The van der Waals surface area contributed by atoms with E-state index in [0.29, 0.717) is 30.6 Å². The van der Waals surface area contributed by atoms with Gasteiger partial charge in [0.15, 0.2) is 0 Å². The van der Waals surface area contributed by atoms with Crippen molar-refractivity contribution in [2.45, 2.75) is 31.6 Å². The molecule has 0 spiro atoms. The summed E-state index contributed by atoms with van der Waals surface area (Å²) in [4.78, 5) is 0.164. The number of hydrogen-bond donors (Lipinski definition) is 2. The van der Waals surface area contributed by atoms with Crippen molar-refractivity contribution in [1.82, 2.24) is 4.72 Å². The molecule has 0 heterocycles. The lowest BCUT2D eigenvalue weighted by Gasteiger charge is -2.12. The third-order valence-electron chi connectivity index (χ3n) is 2.62. The molecule has 0 radical (unpaired) electrons. The molecule has 0 aromatic heterocycles. The Kier molecular flexibility index (Phi) is 5.25. The van der Waals surface area contributed by atoms with Gasteiger partial charge in [-0.25, -0.2) is 17.5 Å². The number of nitrogens with two attached hydrogens (primary N) is 1. The standard InChI is InChI=1S/C12H19FN2O2S/c1-9-7-11(13)8-10(2)12(9)18(16,17)15-6-4-3-5-14/h7-8,15H,3-6,14H2,1-2H3. The van der Waals surface area contributed by atoms with Crippen LogP contribution in [0.4, 0.5) is 4.39 Å². The second-order valence-corrected chi connectivity index (χ2v) is 5.97. The Balaban J connectivity index is 2.92. The molecule has 18 heavy (non-hydrogen) atoms. The summed E-state index contributed by atoms with van der Waals surface area (Å²) in [5.74, 6) is -0.424. The zero-order valence-electron chi connectivity index (χ0n) is 10.7. The molecule has 0 bridgehead atoms. The first kappa shape index (κ1) is 15.1. The van der Waals surface area contributed by atoms with E-state index in [1.807, 2.05) is 0 Å². The van der Waals surface area contributed by atoms with E-state index in [0.717, 1.165) is 6.42 Å². The van der Waals surface area contributed by atoms with E-state index in [2.05, 4.69) is 4.72 Å². The van der Waals surface area contributed by atoms with Gasteiger partial charge in [-0.1, -0.05) is 0 Å². The molecule has 0 amide bonds. The molecule has 3 N–H and O–H groups in total. The highest BCUT2D eigenvalue weighted by Crippen LogP contribution is 2.21. The minimum Gasteiger partial charge on any atom is -0.330 e. The fourth-order valence-corrected chi connectivity index (χ4v) is 3.39. The first-order chi connectivity index (χ1) is 8.38. The molecular formula is C12H19FN2O2S. The Labute approximate surface area is 107 Å². The summed E-state index contributed by atoms with van der Waals surface area (Å²) in [5, 5.41) is 0. The third-order valence-corrected chi connectivity index (χ3v) is 4.38. The fraction of sp³-hybridized carbons (Fsp3) is 0.500. The first-order valence-corrected chi connectivity index (χ1v) is 7.33. The second kappa shape index (κ2) is 6.26. The van der Waals surface area contributed by atoms with Gasteiger partial charge < -0.3 is 5.73 Å². The quantitative estimate of drug-likeness (QED) is 0.771. The van der Waals surface area contributed by atoms with Crippen molar-refractivity contribution in [3.63, 3.8) is 0 Å². The molecule has 0 aliphatic carbocycles. The minimum absolute atomic E-state index is 0.164. The molecule has 102 valence electrons. The van der Waals surface area contributed by atoms with Crippen LogP contribution in [0.2, 0.25) is 0 Å². The molecule has 0 saturated carbocycles. The predicted octanol–water partition coefficient (Wildman–Crippen LogP) is 1.46. The molecule has 6 heteroatoms. The van der Waals surface area contributed by atoms with Crippen molar-refractivity contribution < 1.29 is 12.8 Å². The van der Waals surface area contributed by atoms with E-state index in [-0.39, 0.29) is 4.90 Å². The Morgan fingerprint density at radius 2 is 1.78 bits per heavy atom. The number of unbranched alkanes of at least 4 members (excludes halogenated alkanes) is 1. The van der Waals surface area contributed by atoms with Gasteiger partial charge in [-0.05, 0) is 56.5 Å². The summed E-state index contributed by atoms with van der Waals surface area (Å²) >= 11 is 0. The zero-order valence-corrected chi connectivity index (χ0v) is 11.5. The van der Waals surface area contributed by atoms with Gasteiger partial charge in [0.2, 0.25) is 10.0 Å². The number of nitrogens with one attached hydrogen (secondary N) is 1. The van der Waals surface area contributed by atoms with Crippen LogP contribution in [0.3, 0.4) is 0 Å². The molecule has 1 aromatic rings. The van der Waals surface area contributed by atoms with Gasteiger partial charge >= 0.3 is 0 Å². The number of sulfonamides is 1. The molecule has 0 atom stereocenters. The summed E-state index contributed by atoms with van der Waals surface area (Å²) in [6.07, 6.45) is 1.46. The number of benzene rings is 1. The molecule has 0 saturated heterocycles. The van der Waals surface area contributed by atoms with Crippen molar-refractivity contribution in [3.8, 4) is 0 Å². The van der Waals surface area contributed by atoms with Gasteiger partial charge in [-0.2, -0.15) is 0 Å². The molecular weight excluding hydrogens is 255 g/mol. The SMILES string of the molecule is Cc1cc(F)cc(C)c1S(=O)(=O)NCCCCN. The van der Waals surface area contributed by atoms with Crippen LogP contribution >= 0.6 is 0 Å². The Morgan fingerprint density at radius 3 is 2.28 bits per heavy atom. The van der Waals surface area contributed by atoms with E-state index < -0.39 is 15.8 Å². The van der Waals surface area contributed by atoms with E-state index in [9.17, 15) is 12.8 Å². The lowest BCUT2D eigenvalue weighted by Crippen LogP contribution is -2.26. The highest BCUT2D eigenvalue weighted by molar-refractivity contribution is 7.89. The molecule has 1 aromatic carbocycles. The van der Waals surface area contributed by atoms with Crippen molar-refractivity contribution in [2.24, 2.45) is 5.73 Å². The summed E-state index contributed by atoms with van der Waals surface area (Å²) in [6.45, 7) is 4.06. The number of rotatable bonds is 6. The summed E-state index contributed by atoms with van der Waals surface area (Å²) in [5.41, 5.74) is 6.17. The van der Waals surface area contributed by atoms with Crippen LogP contribution in [0.5, 0.6) is 0 Å². The van der Waals surface area contributed by atoms with Crippen molar-refractivity contribution in [2.75, 3.05) is 13.1 Å². The van der Waals surface area contributed by atoms with Crippen LogP contribution in [-0.2, 0) is 10.0 Å². The second-order valence-electron chi connectivity index (χ2n) is 4.26. The van der Waals surface area contributed by atoms with Gasteiger partial charge in [0, 0.05) is 6.54 Å². The lowest BCUT2D eigenvalue weighted by molar-refractivity contribution is 0.574. The molecule has 0 unspecified atom stereocenters. The Bertz CT molecular complexity index is 492. The van der Waals surface area contributed by atoms with Crippen LogP contribution in [0.1, 0.15) is 24.0 Å². The van der Waals surface area contributed by atoms with Crippen LogP contribution in [0, 0.1) is 19.7 Å². The molecule has 4 nitrogen and oxygen atoms in total. The fourth-order valence-electron chi connectivity index (χ4n) is 1.87. The summed E-state index contributed by atoms with van der Waals surface area (Å²) < 4.78 is 39.8. The topological polar surface area (TPSA) is 72.2 Å². The maximum Gasteiger partial charge on any atom is 0.241 e. The van der Waals surface area contributed by atoms with Gasteiger partial charge in [-0.15, -0.1) is 0 Å². The van der Waals surface area contributed by atoms with Crippen molar-refractivity contribution in [1.29, 1.82) is 0 Å². The van der Waals surface area contributed by atoms with E-state index in [4.69, 9.17) is 5.73 Å². The summed E-state index contributed by atoms with van der Waals surface area (Å²) in [7, 11) is -3.58. The maximum absolute atomic E-state index is 13.1. The average Bonchev–Trinajstić information content (AvgIpc) is 2.22. The van der Waals surface area contributed by atoms with E-state index in [1.54, 1.807) is 13.8 Å². The average molecular weight is 274 g/mol. The smallest absolute Gasteiger partial charge is 0.241 e. The molecule has 0 aliphatic heterocycles. The Morgan fingerprint density at radius 1 is 1.22 bits per heavy atom. The highest BCUT2D eigenvalue weighted by atomic mass is 32.2. The third kappa shape index (κ3) is 3.76. The largest absolute Gasteiger partial charge is 0.330 e. The van der Waals surface area contributed by atoms with Crippen molar-refractivity contribution in [3.05, 3.63) is 29.1 Å². The van der Waals surface area contributed by atoms with Gasteiger partial charge in [0.25, 0.3) is 0 Å². The molecule has 0 aliphatic rings. The van der Waals surface area contributed by atoms with Crippen LogP contribution < -0.4 is 10.5 Å². The Hall–Kier alpha value is -0.980. The number of halogens is 1. The first-order valence-electron chi connectivity index (χ1n) is 5.85.